The zero-order valence-corrected chi connectivity index (χ0v) is 17.9. The number of sulfone groups is 1. The third-order valence-electron chi connectivity index (χ3n) is 4.14. The fourth-order valence-corrected chi connectivity index (χ4v) is 3.26. The van der Waals surface area contributed by atoms with Gasteiger partial charge in [0.15, 0.2) is 27.1 Å². The Balaban J connectivity index is 1.98. The van der Waals surface area contributed by atoms with Crippen LogP contribution in [-0.4, -0.2) is 37.6 Å². The van der Waals surface area contributed by atoms with Gasteiger partial charge in [-0.05, 0) is 36.4 Å². The first-order valence-corrected chi connectivity index (χ1v) is 11.0. The minimum Gasteiger partial charge on any atom is -0.460 e. The van der Waals surface area contributed by atoms with Crippen LogP contribution in [0.15, 0.2) is 53.4 Å². The number of amides is 1. The quantitative estimate of drug-likeness (QED) is 0.477. The second-order valence-corrected chi connectivity index (χ2v) is 8.66. The number of halogens is 5. The van der Waals surface area contributed by atoms with Crippen molar-refractivity contribution in [3.05, 3.63) is 65.6 Å². The van der Waals surface area contributed by atoms with Gasteiger partial charge < -0.3 is 14.8 Å². The van der Waals surface area contributed by atoms with Crippen LogP contribution in [0.2, 0.25) is 0 Å². The zero-order valence-electron chi connectivity index (χ0n) is 17.1. The number of anilines is 1. The van der Waals surface area contributed by atoms with Crippen LogP contribution in [0.25, 0.3) is 0 Å². The van der Waals surface area contributed by atoms with Crippen LogP contribution >= 0.6 is 0 Å². The van der Waals surface area contributed by atoms with Gasteiger partial charge in [-0.1, -0.05) is 6.07 Å². The summed E-state index contributed by atoms with van der Waals surface area (Å²) in [7, 11) is -3.63. The molecule has 0 spiro atoms. The number of carbonyl (C=O) groups is 1. The lowest BCUT2D eigenvalue weighted by Gasteiger charge is -2.13. The van der Waals surface area contributed by atoms with Gasteiger partial charge in [0.1, 0.15) is 11.3 Å². The number of alkyl halides is 4. The van der Waals surface area contributed by atoms with Gasteiger partial charge in [-0.15, -0.1) is 10.2 Å². The van der Waals surface area contributed by atoms with E-state index >= 15 is 0 Å². The molecule has 0 bridgehead atoms. The molecule has 2 aromatic carbocycles. The largest absolute Gasteiger partial charge is 0.460 e. The Morgan fingerprint density at radius 1 is 1.09 bits per heavy atom. The van der Waals surface area contributed by atoms with E-state index < -0.39 is 57.5 Å². The van der Waals surface area contributed by atoms with Crippen molar-refractivity contribution in [3.63, 3.8) is 0 Å². The normalized spacial score (nSPS) is 11.7. The first kappa shape index (κ1) is 24.8. The Bertz CT molecular complexity index is 1330. The van der Waals surface area contributed by atoms with Crippen LogP contribution in [-0.2, 0) is 16.0 Å². The molecule has 3 rings (SSSR count). The highest BCUT2D eigenvalue weighted by molar-refractivity contribution is 7.90. The number of benzene rings is 2. The van der Waals surface area contributed by atoms with E-state index in [1.165, 1.54) is 18.2 Å². The smallest absolute Gasteiger partial charge is 0.435 e. The van der Waals surface area contributed by atoms with Gasteiger partial charge in [0.05, 0.1) is 4.90 Å². The molecule has 0 fully saturated rings. The topological polar surface area (TPSA) is 107 Å². The van der Waals surface area contributed by atoms with Crippen LogP contribution in [0.3, 0.4) is 0 Å². The van der Waals surface area contributed by atoms with Crippen molar-refractivity contribution in [2.45, 2.75) is 11.1 Å². The number of rotatable bonds is 7. The fraction of sp³-hybridized carbons (Fsp3) is 0.150. The molecule has 1 heterocycles. The lowest BCUT2D eigenvalue weighted by atomic mass is 10.2. The van der Waals surface area contributed by atoms with E-state index in [2.05, 4.69) is 20.3 Å². The van der Waals surface area contributed by atoms with Gasteiger partial charge in [0.25, 0.3) is 11.8 Å². The summed E-state index contributed by atoms with van der Waals surface area (Å²) in [5.41, 5.74) is -2.27. The summed E-state index contributed by atoms with van der Waals surface area (Å²) in [5, 5.41) is 8.53. The third-order valence-corrected chi connectivity index (χ3v) is 5.25. The maximum absolute atomic E-state index is 14.0. The maximum atomic E-state index is 14.0. The van der Waals surface area contributed by atoms with Crippen molar-refractivity contribution in [1.29, 1.82) is 0 Å². The SMILES string of the molecule is CS(=O)(=O)c1cccc(NC(=O)c2cc(C(F)(F)F)nnc2Oc2ccc(OCF)c(F)c2)c1. The minimum atomic E-state index is -4.95. The Labute approximate surface area is 189 Å². The standard InChI is InChI=1S/C20H14F5N3O5S/c1-34(30,31)13-4-2-3-11(7-13)26-18(29)14-9-17(20(23,24)25)27-28-19(14)33-12-5-6-16(32-10-21)15(22)8-12/h2-9H,10H2,1H3,(H,26,29). The maximum Gasteiger partial charge on any atom is 0.435 e. The average Bonchev–Trinajstić information content (AvgIpc) is 2.75. The summed E-state index contributed by atoms with van der Waals surface area (Å²) >= 11 is 0. The van der Waals surface area contributed by atoms with E-state index in [9.17, 15) is 35.2 Å². The summed E-state index contributed by atoms with van der Waals surface area (Å²) < 4.78 is 98.7. The van der Waals surface area contributed by atoms with Crippen molar-refractivity contribution in [2.75, 3.05) is 18.4 Å². The van der Waals surface area contributed by atoms with E-state index in [4.69, 9.17) is 4.74 Å². The molecule has 0 aliphatic rings. The third kappa shape index (κ3) is 5.95. The van der Waals surface area contributed by atoms with Crippen molar-refractivity contribution < 1.29 is 44.6 Å². The van der Waals surface area contributed by atoms with E-state index in [-0.39, 0.29) is 16.3 Å². The molecular formula is C20H14F5N3O5S. The summed E-state index contributed by atoms with van der Waals surface area (Å²) in [6.45, 7) is -1.30. The van der Waals surface area contributed by atoms with Gasteiger partial charge >= 0.3 is 6.18 Å². The van der Waals surface area contributed by atoms with Crippen LogP contribution in [0.4, 0.5) is 27.6 Å². The number of carbonyl (C=O) groups excluding carboxylic acids is 1. The molecule has 1 aromatic heterocycles. The van der Waals surface area contributed by atoms with Gasteiger partial charge in [-0.3, -0.25) is 4.79 Å². The predicted octanol–water partition coefficient (Wildman–Crippen LogP) is 4.39. The Morgan fingerprint density at radius 2 is 1.82 bits per heavy atom. The number of hydrogen-bond acceptors (Lipinski definition) is 7. The second-order valence-electron chi connectivity index (χ2n) is 6.65. The molecule has 0 radical (unpaired) electrons. The van der Waals surface area contributed by atoms with E-state index in [1.807, 2.05) is 0 Å². The molecule has 0 saturated heterocycles. The summed E-state index contributed by atoms with van der Waals surface area (Å²) in [6.07, 6.45) is -4.01. The number of aromatic nitrogens is 2. The summed E-state index contributed by atoms with van der Waals surface area (Å²) in [5.74, 6) is -3.64. The Hall–Kier alpha value is -3.81. The van der Waals surface area contributed by atoms with Gasteiger partial charge in [0.2, 0.25) is 6.86 Å². The highest BCUT2D eigenvalue weighted by atomic mass is 32.2. The second kappa shape index (κ2) is 9.59. The minimum absolute atomic E-state index is 0.0389. The van der Waals surface area contributed by atoms with Crippen LogP contribution in [0, 0.1) is 5.82 Å². The molecular weight excluding hydrogens is 489 g/mol. The lowest BCUT2D eigenvalue weighted by Crippen LogP contribution is -2.18. The molecule has 8 nitrogen and oxygen atoms in total. The molecule has 1 N–H and O–H groups in total. The highest BCUT2D eigenvalue weighted by Gasteiger charge is 2.35. The number of nitrogens with zero attached hydrogens (tertiary/aromatic N) is 2. The fourth-order valence-electron chi connectivity index (χ4n) is 2.59. The number of ether oxygens (including phenoxy) is 2. The molecule has 14 heteroatoms. The monoisotopic (exact) mass is 503 g/mol. The van der Waals surface area contributed by atoms with Gasteiger partial charge in [-0.2, -0.15) is 13.2 Å². The average molecular weight is 503 g/mol. The summed E-state index contributed by atoms with van der Waals surface area (Å²) in [4.78, 5) is 12.6. The first-order valence-electron chi connectivity index (χ1n) is 9.11. The highest BCUT2D eigenvalue weighted by Crippen LogP contribution is 2.32. The molecule has 0 aliphatic heterocycles. The van der Waals surface area contributed by atoms with Crippen LogP contribution in [0.5, 0.6) is 17.4 Å². The lowest BCUT2D eigenvalue weighted by molar-refractivity contribution is -0.141. The Kier molecular flexibility index (Phi) is 7.00. The molecule has 0 aliphatic carbocycles. The van der Waals surface area contributed by atoms with Crippen molar-refractivity contribution in [3.8, 4) is 17.4 Å². The first-order chi connectivity index (χ1) is 15.9. The van der Waals surface area contributed by atoms with Crippen molar-refractivity contribution >= 4 is 21.4 Å². The van der Waals surface area contributed by atoms with Gasteiger partial charge in [-0.25, -0.2) is 17.2 Å². The van der Waals surface area contributed by atoms with Gasteiger partial charge in [0, 0.05) is 18.0 Å². The van der Waals surface area contributed by atoms with Crippen molar-refractivity contribution in [1.82, 2.24) is 10.2 Å². The molecule has 0 saturated carbocycles. The summed E-state index contributed by atoms with van der Waals surface area (Å²) in [6, 6.07) is 8.20. The number of hydrogen-bond donors (Lipinski definition) is 1. The van der Waals surface area contributed by atoms with Crippen LogP contribution in [0.1, 0.15) is 16.1 Å². The molecule has 34 heavy (non-hydrogen) atoms. The van der Waals surface area contributed by atoms with Crippen LogP contribution < -0.4 is 14.8 Å². The Morgan fingerprint density at radius 3 is 2.44 bits per heavy atom. The molecule has 180 valence electrons. The zero-order chi connectivity index (χ0) is 25.1. The van der Waals surface area contributed by atoms with E-state index in [0.29, 0.717) is 6.07 Å². The molecule has 0 unspecified atom stereocenters. The molecule has 0 atom stereocenters. The predicted molar refractivity (Wildman–Crippen MR) is 108 cm³/mol. The van der Waals surface area contributed by atoms with E-state index in [0.717, 1.165) is 30.5 Å². The van der Waals surface area contributed by atoms with Crippen molar-refractivity contribution in [2.24, 2.45) is 0 Å². The van der Waals surface area contributed by atoms with E-state index in [1.54, 1.807) is 0 Å². The molecule has 1 amide bonds. The number of nitrogens with one attached hydrogen (secondary N) is 1. The molecule has 3 aromatic rings.